The van der Waals surface area contributed by atoms with E-state index in [2.05, 4.69) is 9.98 Å². The van der Waals surface area contributed by atoms with Gasteiger partial charge >= 0.3 is 0 Å². The molecule has 2 aromatic rings. The summed E-state index contributed by atoms with van der Waals surface area (Å²) in [5.74, 6) is 0.385. The van der Waals surface area contributed by atoms with E-state index < -0.39 is 0 Å². The molecule has 0 N–H and O–H groups in total. The Morgan fingerprint density at radius 3 is 3.17 bits per heavy atom. The van der Waals surface area contributed by atoms with Crippen LogP contribution in [0.15, 0.2) is 35.6 Å². The topological polar surface area (TPSA) is 46.7 Å². The third-order valence-corrected chi connectivity index (χ3v) is 1.51. The molecular weight excluding hydrogens is 154 g/mol. The summed E-state index contributed by atoms with van der Waals surface area (Å²) in [4.78, 5) is 17.4. The molecule has 0 atom stereocenters. The highest BCUT2D eigenvalue weighted by Crippen LogP contribution is 2.10. The smallest absolute Gasteiger partial charge is 0.242 e. The lowest BCUT2D eigenvalue weighted by molar-refractivity contribution is 0.565. The average molecular weight is 159 g/mol. The summed E-state index contributed by atoms with van der Waals surface area (Å²) < 4.78 is 1.79. The van der Waals surface area contributed by atoms with E-state index in [0.29, 0.717) is 5.82 Å². The van der Waals surface area contributed by atoms with Gasteiger partial charge in [-0.1, -0.05) is 6.07 Å². The quantitative estimate of drug-likeness (QED) is 0.465. The van der Waals surface area contributed by atoms with E-state index in [0.717, 1.165) is 5.65 Å². The van der Waals surface area contributed by atoms with Crippen LogP contribution in [0, 0.1) is 0 Å². The fraction of sp³-hybridized carbons (Fsp3) is 0. The number of hydrogen-bond acceptors (Lipinski definition) is 3. The molecule has 0 saturated heterocycles. The lowest BCUT2D eigenvalue weighted by Gasteiger charge is -1.86. The van der Waals surface area contributed by atoms with Gasteiger partial charge in [0.15, 0.2) is 5.82 Å². The van der Waals surface area contributed by atoms with E-state index in [1.807, 2.05) is 24.4 Å². The molecule has 4 heteroatoms. The molecule has 0 spiro atoms. The van der Waals surface area contributed by atoms with E-state index in [4.69, 9.17) is 0 Å². The summed E-state index contributed by atoms with van der Waals surface area (Å²) in [7, 11) is 0. The zero-order valence-electron chi connectivity index (χ0n) is 6.14. The maximum Gasteiger partial charge on any atom is 0.242 e. The Morgan fingerprint density at radius 2 is 2.42 bits per heavy atom. The van der Waals surface area contributed by atoms with Gasteiger partial charge in [-0.15, -0.1) is 4.99 Å². The molecule has 0 aromatic carbocycles. The molecule has 0 radical (unpaired) electrons. The number of aliphatic imine (C=N–C) groups is 1. The fourth-order valence-corrected chi connectivity index (χ4v) is 1.02. The number of pyridine rings is 1. The van der Waals surface area contributed by atoms with Gasteiger partial charge in [0.25, 0.3) is 0 Å². The Kier molecular flexibility index (Phi) is 1.47. The first-order chi connectivity index (χ1) is 5.90. The van der Waals surface area contributed by atoms with Crippen molar-refractivity contribution in [3.63, 3.8) is 0 Å². The second-order valence-electron chi connectivity index (χ2n) is 2.27. The van der Waals surface area contributed by atoms with Crippen molar-refractivity contribution in [3.05, 3.63) is 30.6 Å². The molecule has 0 aliphatic rings. The van der Waals surface area contributed by atoms with Crippen LogP contribution in [0.25, 0.3) is 5.65 Å². The highest BCUT2D eigenvalue weighted by molar-refractivity contribution is 5.50. The monoisotopic (exact) mass is 159 g/mol. The Labute approximate surface area is 68.2 Å². The van der Waals surface area contributed by atoms with Gasteiger partial charge < -0.3 is 4.40 Å². The van der Waals surface area contributed by atoms with Crippen molar-refractivity contribution in [2.45, 2.75) is 0 Å². The molecule has 12 heavy (non-hydrogen) atoms. The normalized spacial score (nSPS) is 9.67. The summed E-state index contributed by atoms with van der Waals surface area (Å²) in [6, 6.07) is 5.59. The molecule has 4 nitrogen and oxygen atoms in total. The number of nitrogens with zero attached hydrogens (tertiary/aromatic N) is 3. The maximum atomic E-state index is 9.91. The molecular formula is C8H5N3O. The molecule has 0 aliphatic heterocycles. The summed E-state index contributed by atoms with van der Waals surface area (Å²) >= 11 is 0. The van der Waals surface area contributed by atoms with Crippen LogP contribution < -0.4 is 0 Å². The van der Waals surface area contributed by atoms with Gasteiger partial charge in [0, 0.05) is 6.20 Å². The van der Waals surface area contributed by atoms with Crippen LogP contribution in [0.3, 0.4) is 0 Å². The van der Waals surface area contributed by atoms with Crippen LogP contribution in [-0.4, -0.2) is 15.5 Å². The number of fused-ring (bicyclic) bond motifs is 1. The van der Waals surface area contributed by atoms with E-state index in [9.17, 15) is 4.79 Å². The average Bonchev–Trinajstić information content (AvgIpc) is 2.47. The molecule has 0 fully saturated rings. The highest BCUT2D eigenvalue weighted by atomic mass is 16.1. The largest absolute Gasteiger partial charge is 0.305 e. The van der Waals surface area contributed by atoms with Gasteiger partial charge in [-0.25, -0.2) is 9.78 Å². The van der Waals surface area contributed by atoms with E-state index in [-0.39, 0.29) is 0 Å². The molecule has 0 amide bonds. The van der Waals surface area contributed by atoms with Crippen LogP contribution in [0.2, 0.25) is 0 Å². The summed E-state index contributed by atoms with van der Waals surface area (Å²) in [5.41, 5.74) is 0.770. The molecule has 0 unspecified atom stereocenters. The number of isocyanates is 1. The summed E-state index contributed by atoms with van der Waals surface area (Å²) in [5, 5.41) is 0. The number of carbonyl (C=O) groups excluding carboxylic acids is 1. The number of hydrogen-bond donors (Lipinski definition) is 0. The van der Waals surface area contributed by atoms with Gasteiger partial charge in [0.05, 0.1) is 6.20 Å². The second-order valence-corrected chi connectivity index (χ2v) is 2.27. The van der Waals surface area contributed by atoms with Gasteiger partial charge in [-0.05, 0) is 12.1 Å². The second kappa shape index (κ2) is 2.60. The lowest BCUT2D eigenvalue weighted by atomic mass is 10.5. The van der Waals surface area contributed by atoms with Crippen molar-refractivity contribution < 1.29 is 4.79 Å². The predicted octanol–water partition coefficient (Wildman–Crippen LogP) is 1.30. The Morgan fingerprint density at radius 1 is 1.50 bits per heavy atom. The van der Waals surface area contributed by atoms with Crippen LogP contribution in [0.1, 0.15) is 0 Å². The predicted molar refractivity (Wildman–Crippen MR) is 43.0 cm³/mol. The molecule has 2 heterocycles. The fourth-order valence-electron chi connectivity index (χ4n) is 1.02. The molecule has 2 rings (SSSR count). The van der Waals surface area contributed by atoms with Crippen molar-refractivity contribution >= 4 is 17.5 Å². The van der Waals surface area contributed by atoms with Gasteiger partial charge in [-0.2, -0.15) is 0 Å². The first-order valence-electron chi connectivity index (χ1n) is 3.42. The Bertz CT molecular complexity index is 421. The van der Waals surface area contributed by atoms with Crippen molar-refractivity contribution in [3.8, 4) is 0 Å². The van der Waals surface area contributed by atoms with Crippen LogP contribution >= 0.6 is 0 Å². The molecule has 0 saturated carbocycles. The lowest BCUT2D eigenvalue weighted by Crippen LogP contribution is -1.77. The molecule has 2 aromatic heterocycles. The standard InChI is InChI=1S/C8H5N3O/c12-6-9-7-5-11-4-2-1-3-8(11)10-7/h1-5H. The van der Waals surface area contributed by atoms with Crippen molar-refractivity contribution in [2.24, 2.45) is 4.99 Å². The Hall–Kier alpha value is -1.93. The highest BCUT2D eigenvalue weighted by Gasteiger charge is 1.96. The minimum Gasteiger partial charge on any atom is -0.305 e. The summed E-state index contributed by atoms with van der Waals surface area (Å²) in [6.07, 6.45) is 4.95. The van der Waals surface area contributed by atoms with Gasteiger partial charge in [-0.3, -0.25) is 0 Å². The minimum absolute atomic E-state index is 0.385. The van der Waals surface area contributed by atoms with E-state index >= 15 is 0 Å². The van der Waals surface area contributed by atoms with Gasteiger partial charge in [0.2, 0.25) is 6.08 Å². The SMILES string of the molecule is O=C=Nc1cn2ccccc2n1. The van der Waals surface area contributed by atoms with E-state index in [1.54, 1.807) is 10.6 Å². The third kappa shape index (κ3) is 1.00. The third-order valence-electron chi connectivity index (χ3n) is 1.51. The van der Waals surface area contributed by atoms with Crippen LogP contribution in [0.4, 0.5) is 5.82 Å². The summed E-state index contributed by atoms with van der Waals surface area (Å²) in [6.45, 7) is 0. The van der Waals surface area contributed by atoms with Crippen molar-refractivity contribution in [1.82, 2.24) is 9.38 Å². The Balaban J connectivity index is 2.69. The van der Waals surface area contributed by atoms with Crippen molar-refractivity contribution in [2.75, 3.05) is 0 Å². The van der Waals surface area contributed by atoms with E-state index in [1.165, 1.54) is 6.08 Å². The zero-order chi connectivity index (χ0) is 8.39. The maximum absolute atomic E-state index is 9.91. The van der Waals surface area contributed by atoms with Crippen molar-refractivity contribution in [1.29, 1.82) is 0 Å². The first kappa shape index (κ1) is 6.76. The minimum atomic E-state index is 0.385. The first-order valence-corrected chi connectivity index (χ1v) is 3.42. The van der Waals surface area contributed by atoms with Crippen LogP contribution in [0.5, 0.6) is 0 Å². The van der Waals surface area contributed by atoms with Crippen LogP contribution in [-0.2, 0) is 4.79 Å². The number of aromatic nitrogens is 2. The molecule has 58 valence electrons. The molecule has 0 aliphatic carbocycles. The number of imidazole rings is 1. The molecule has 0 bridgehead atoms. The van der Waals surface area contributed by atoms with Gasteiger partial charge in [0.1, 0.15) is 5.65 Å². The number of rotatable bonds is 1. The zero-order valence-corrected chi connectivity index (χ0v) is 6.14.